The van der Waals surface area contributed by atoms with Gasteiger partial charge in [-0.2, -0.15) is 13.2 Å². The predicted octanol–water partition coefficient (Wildman–Crippen LogP) is 2.71. The number of hydrogen-bond donors (Lipinski definition) is 2. The number of hydrogen-bond acceptors (Lipinski definition) is 4. The number of halogens is 3. The summed E-state index contributed by atoms with van der Waals surface area (Å²) < 4.78 is 40.4. The van der Waals surface area contributed by atoms with E-state index in [0.29, 0.717) is 11.6 Å². The third-order valence-corrected chi connectivity index (χ3v) is 6.13. The minimum Gasteiger partial charge on any atom is -0.347 e. The summed E-state index contributed by atoms with van der Waals surface area (Å²) in [6.07, 6.45) is 5.71. The van der Waals surface area contributed by atoms with E-state index in [1.807, 2.05) is 18.2 Å². The Morgan fingerprint density at radius 3 is 2.63 bits per heavy atom. The standard InChI is InChI=1S/C20H21F3N6O/c21-20(22,23)11-25-13-7-19(8-13)9-14(10-19)26-18(30)17-27-16(28-6-4-24-12-28)15-3-1-2-5-29(15)17/h1-6,12-14,25H,7-11H2,(H,26,30). The normalized spacial score (nSPS) is 25.8. The van der Waals surface area contributed by atoms with E-state index in [0.717, 1.165) is 31.2 Å². The fourth-order valence-corrected chi connectivity index (χ4v) is 4.82. The van der Waals surface area contributed by atoms with Gasteiger partial charge >= 0.3 is 6.18 Å². The zero-order valence-corrected chi connectivity index (χ0v) is 16.1. The molecule has 1 amide bonds. The van der Waals surface area contributed by atoms with Gasteiger partial charge in [0.25, 0.3) is 5.91 Å². The molecule has 0 radical (unpaired) electrons. The van der Waals surface area contributed by atoms with Gasteiger partial charge < -0.3 is 10.6 Å². The van der Waals surface area contributed by atoms with Crippen LogP contribution in [0.4, 0.5) is 13.2 Å². The predicted molar refractivity (Wildman–Crippen MR) is 102 cm³/mol. The summed E-state index contributed by atoms with van der Waals surface area (Å²) in [6, 6.07) is 5.55. The molecule has 0 saturated heterocycles. The minimum atomic E-state index is -4.18. The molecule has 3 aromatic rings. The monoisotopic (exact) mass is 418 g/mol. The average Bonchev–Trinajstić information content (AvgIpc) is 3.28. The lowest BCUT2D eigenvalue weighted by Crippen LogP contribution is -2.61. The quantitative estimate of drug-likeness (QED) is 0.668. The molecule has 2 aliphatic rings. The lowest BCUT2D eigenvalue weighted by atomic mass is 9.52. The van der Waals surface area contributed by atoms with Gasteiger partial charge in [-0.05, 0) is 43.2 Å². The van der Waals surface area contributed by atoms with Crippen LogP contribution in [0.15, 0.2) is 43.1 Å². The summed E-state index contributed by atoms with van der Waals surface area (Å²) in [5.41, 5.74) is 0.862. The maximum absolute atomic E-state index is 12.9. The van der Waals surface area contributed by atoms with Crippen molar-refractivity contribution in [3.8, 4) is 5.82 Å². The maximum Gasteiger partial charge on any atom is 0.401 e. The Kier molecular flexibility index (Phi) is 4.35. The number of aromatic nitrogens is 4. The average molecular weight is 418 g/mol. The van der Waals surface area contributed by atoms with Crippen LogP contribution < -0.4 is 10.6 Å². The number of rotatable bonds is 5. The molecule has 30 heavy (non-hydrogen) atoms. The van der Waals surface area contributed by atoms with E-state index in [1.165, 1.54) is 0 Å². The first kappa shape index (κ1) is 19.1. The van der Waals surface area contributed by atoms with Crippen LogP contribution in [-0.2, 0) is 0 Å². The smallest absolute Gasteiger partial charge is 0.347 e. The van der Waals surface area contributed by atoms with E-state index < -0.39 is 12.7 Å². The van der Waals surface area contributed by atoms with E-state index in [2.05, 4.69) is 20.6 Å². The van der Waals surface area contributed by atoms with Crippen molar-refractivity contribution in [2.45, 2.75) is 43.9 Å². The Morgan fingerprint density at radius 1 is 1.17 bits per heavy atom. The Bertz CT molecular complexity index is 1060. The van der Waals surface area contributed by atoms with Crippen molar-refractivity contribution in [2.75, 3.05) is 6.54 Å². The maximum atomic E-state index is 12.9. The summed E-state index contributed by atoms with van der Waals surface area (Å²) in [5.74, 6) is 0.669. The van der Waals surface area contributed by atoms with Crippen molar-refractivity contribution in [3.63, 3.8) is 0 Å². The van der Waals surface area contributed by atoms with Crippen LogP contribution in [0, 0.1) is 5.41 Å². The molecule has 10 heteroatoms. The number of amides is 1. The van der Waals surface area contributed by atoms with E-state index in [-0.39, 0.29) is 23.4 Å². The first-order chi connectivity index (χ1) is 14.3. The number of imidazole rings is 2. The summed E-state index contributed by atoms with van der Waals surface area (Å²) in [7, 11) is 0. The molecule has 1 spiro atoms. The Hall–Kier alpha value is -2.88. The number of carbonyl (C=O) groups excluding carboxylic acids is 1. The molecule has 2 fully saturated rings. The fourth-order valence-electron chi connectivity index (χ4n) is 4.82. The lowest BCUT2D eigenvalue weighted by molar-refractivity contribution is -0.132. The molecule has 0 aromatic carbocycles. The minimum absolute atomic E-state index is 0.0221. The van der Waals surface area contributed by atoms with Crippen LogP contribution in [0.3, 0.4) is 0 Å². The first-order valence-electron chi connectivity index (χ1n) is 9.88. The van der Waals surface area contributed by atoms with Crippen molar-refractivity contribution in [3.05, 3.63) is 48.9 Å². The highest BCUT2D eigenvalue weighted by Gasteiger charge is 2.53. The van der Waals surface area contributed by atoms with Crippen molar-refractivity contribution in [1.82, 2.24) is 29.6 Å². The lowest BCUT2D eigenvalue weighted by Gasteiger charge is -2.58. The largest absolute Gasteiger partial charge is 0.401 e. The summed E-state index contributed by atoms with van der Waals surface area (Å²) in [5, 5.41) is 5.60. The number of alkyl halides is 3. The number of fused-ring (bicyclic) bond motifs is 1. The third kappa shape index (κ3) is 3.45. The Morgan fingerprint density at radius 2 is 1.93 bits per heavy atom. The van der Waals surface area contributed by atoms with Gasteiger partial charge in [0.15, 0.2) is 5.82 Å². The van der Waals surface area contributed by atoms with Crippen molar-refractivity contribution in [1.29, 1.82) is 0 Å². The van der Waals surface area contributed by atoms with Crippen molar-refractivity contribution >= 4 is 11.4 Å². The Balaban J connectivity index is 1.22. The van der Waals surface area contributed by atoms with E-state index >= 15 is 0 Å². The second-order valence-corrected chi connectivity index (χ2v) is 8.36. The van der Waals surface area contributed by atoms with Crippen LogP contribution >= 0.6 is 0 Å². The molecule has 2 N–H and O–H groups in total. The van der Waals surface area contributed by atoms with Crippen molar-refractivity contribution in [2.24, 2.45) is 5.41 Å². The highest BCUT2D eigenvalue weighted by molar-refractivity contribution is 5.93. The van der Waals surface area contributed by atoms with E-state index in [9.17, 15) is 18.0 Å². The second kappa shape index (κ2) is 6.83. The van der Waals surface area contributed by atoms with Crippen LogP contribution in [0.1, 0.15) is 36.3 Å². The molecule has 2 saturated carbocycles. The molecule has 5 rings (SSSR count). The van der Waals surface area contributed by atoms with Crippen LogP contribution in [-0.4, -0.2) is 49.6 Å². The highest BCUT2D eigenvalue weighted by Crippen LogP contribution is 2.56. The highest BCUT2D eigenvalue weighted by atomic mass is 19.4. The Labute approximate surface area is 170 Å². The van der Waals surface area contributed by atoms with Gasteiger partial charge in [-0.1, -0.05) is 6.07 Å². The van der Waals surface area contributed by atoms with E-state index in [4.69, 9.17) is 0 Å². The van der Waals surface area contributed by atoms with Gasteiger partial charge in [0.1, 0.15) is 6.33 Å². The molecule has 0 atom stereocenters. The number of carbonyl (C=O) groups is 1. The van der Waals surface area contributed by atoms with Gasteiger partial charge in [0.05, 0.1) is 12.1 Å². The number of pyridine rings is 1. The molecule has 0 aliphatic heterocycles. The summed E-state index contributed by atoms with van der Waals surface area (Å²) >= 11 is 0. The molecular weight excluding hydrogens is 397 g/mol. The van der Waals surface area contributed by atoms with Gasteiger partial charge in [-0.25, -0.2) is 9.97 Å². The molecule has 2 aliphatic carbocycles. The summed E-state index contributed by atoms with van der Waals surface area (Å²) in [4.78, 5) is 21.5. The first-order valence-corrected chi connectivity index (χ1v) is 9.88. The zero-order valence-electron chi connectivity index (χ0n) is 16.1. The molecule has 158 valence electrons. The SMILES string of the molecule is O=C(NC1CC2(CC(NCC(F)(F)F)C2)C1)c1nc(-n2ccnc2)c2ccccn12. The van der Waals surface area contributed by atoms with E-state index in [1.54, 1.807) is 33.9 Å². The molecule has 7 nitrogen and oxygen atoms in total. The molecule has 0 bridgehead atoms. The van der Waals surface area contributed by atoms with Gasteiger partial charge in [0.2, 0.25) is 5.82 Å². The van der Waals surface area contributed by atoms with Gasteiger partial charge in [0, 0.05) is 30.7 Å². The number of nitrogens with zero attached hydrogens (tertiary/aromatic N) is 4. The number of nitrogens with one attached hydrogen (secondary N) is 2. The third-order valence-electron chi connectivity index (χ3n) is 6.13. The molecule has 3 heterocycles. The second-order valence-electron chi connectivity index (χ2n) is 8.36. The van der Waals surface area contributed by atoms with Crippen LogP contribution in [0.5, 0.6) is 0 Å². The van der Waals surface area contributed by atoms with Crippen LogP contribution in [0.2, 0.25) is 0 Å². The van der Waals surface area contributed by atoms with Gasteiger partial charge in [-0.3, -0.25) is 13.8 Å². The fraction of sp³-hybridized carbons (Fsp3) is 0.450. The molecule has 0 unspecified atom stereocenters. The summed E-state index contributed by atoms with van der Waals surface area (Å²) in [6.45, 7) is -0.944. The van der Waals surface area contributed by atoms with Crippen molar-refractivity contribution < 1.29 is 18.0 Å². The van der Waals surface area contributed by atoms with Crippen LogP contribution in [0.25, 0.3) is 11.3 Å². The molecule has 3 aromatic heterocycles. The molecular formula is C20H21F3N6O. The van der Waals surface area contributed by atoms with Gasteiger partial charge in [-0.15, -0.1) is 0 Å². The topological polar surface area (TPSA) is 76.2 Å². The zero-order chi connectivity index (χ0) is 20.9.